The van der Waals surface area contributed by atoms with Crippen molar-refractivity contribution in [3.63, 3.8) is 0 Å². The normalized spacial score (nSPS) is 10.8. The number of hydrogen-bond acceptors (Lipinski definition) is 3. The molecule has 0 radical (unpaired) electrons. The average Bonchev–Trinajstić information content (AvgIpc) is 2.99. The molecule has 0 aliphatic rings. The Morgan fingerprint density at radius 3 is 2.88 bits per heavy atom. The van der Waals surface area contributed by atoms with Crippen LogP contribution in [0.25, 0.3) is 10.9 Å². The molecule has 0 spiro atoms. The zero-order valence-electron chi connectivity index (χ0n) is 13.1. The van der Waals surface area contributed by atoms with Gasteiger partial charge >= 0.3 is 5.97 Å². The summed E-state index contributed by atoms with van der Waals surface area (Å²) in [4.78, 5) is 14.7. The standard InChI is InChI=1S/C18H17BrN2O3/c1-24-17-9-16(13(18(22)23)8-14(17)19)20-7-6-11-10-21-15-5-3-2-4-12(11)15/h2-5,8-10,20-21H,6-7H2,1H3,(H,22,23). The molecule has 24 heavy (non-hydrogen) atoms. The van der Waals surface area contributed by atoms with Crippen molar-refractivity contribution in [1.29, 1.82) is 0 Å². The summed E-state index contributed by atoms with van der Waals surface area (Å²) in [6.45, 7) is 0.618. The van der Waals surface area contributed by atoms with E-state index < -0.39 is 5.97 Å². The monoisotopic (exact) mass is 388 g/mol. The van der Waals surface area contributed by atoms with Gasteiger partial charge in [-0.15, -0.1) is 0 Å². The van der Waals surface area contributed by atoms with Gasteiger partial charge in [-0.1, -0.05) is 18.2 Å². The maximum absolute atomic E-state index is 11.4. The van der Waals surface area contributed by atoms with Gasteiger partial charge in [-0.05, 0) is 40.0 Å². The van der Waals surface area contributed by atoms with E-state index in [4.69, 9.17) is 4.74 Å². The van der Waals surface area contributed by atoms with Gasteiger partial charge in [0.15, 0.2) is 0 Å². The van der Waals surface area contributed by atoms with E-state index in [1.165, 1.54) is 10.9 Å². The number of aromatic amines is 1. The summed E-state index contributed by atoms with van der Waals surface area (Å²) >= 11 is 3.32. The quantitative estimate of drug-likeness (QED) is 0.588. The number of benzene rings is 2. The molecule has 5 nitrogen and oxygen atoms in total. The fourth-order valence-corrected chi connectivity index (χ4v) is 3.21. The van der Waals surface area contributed by atoms with Crippen molar-refractivity contribution in [2.24, 2.45) is 0 Å². The van der Waals surface area contributed by atoms with Crippen LogP contribution in [0.1, 0.15) is 15.9 Å². The van der Waals surface area contributed by atoms with Crippen LogP contribution < -0.4 is 10.1 Å². The van der Waals surface area contributed by atoms with E-state index in [1.807, 2.05) is 24.4 Å². The number of nitrogens with one attached hydrogen (secondary N) is 2. The molecule has 124 valence electrons. The van der Waals surface area contributed by atoms with Crippen LogP contribution in [0.5, 0.6) is 5.75 Å². The zero-order chi connectivity index (χ0) is 17.1. The molecule has 0 atom stereocenters. The molecule has 0 amide bonds. The first-order valence-electron chi connectivity index (χ1n) is 7.50. The molecule has 0 bridgehead atoms. The Bertz CT molecular complexity index is 889. The third-order valence-electron chi connectivity index (χ3n) is 3.91. The van der Waals surface area contributed by atoms with Gasteiger partial charge in [-0.2, -0.15) is 0 Å². The second kappa shape index (κ2) is 6.97. The van der Waals surface area contributed by atoms with Crippen molar-refractivity contribution in [3.8, 4) is 5.75 Å². The van der Waals surface area contributed by atoms with Gasteiger partial charge in [0.2, 0.25) is 0 Å². The van der Waals surface area contributed by atoms with E-state index in [9.17, 15) is 9.90 Å². The number of anilines is 1. The number of ether oxygens (including phenoxy) is 1. The summed E-state index contributed by atoms with van der Waals surface area (Å²) in [6.07, 6.45) is 2.77. The highest BCUT2D eigenvalue weighted by Gasteiger charge is 2.14. The fraction of sp³-hybridized carbons (Fsp3) is 0.167. The minimum atomic E-state index is -0.979. The molecule has 0 saturated carbocycles. The van der Waals surface area contributed by atoms with Gasteiger partial charge in [0.05, 0.1) is 22.8 Å². The SMILES string of the molecule is COc1cc(NCCc2c[nH]c3ccccc23)c(C(=O)O)cc1Br. The first-order chi connectivity index (χ1) is 11.6. The van der Waals surface area contributed by atoms with Gasteiger partial charge in [0.1, 0.15) is 5.75 Å². The Balaban J connectivity index is 1.77. The number of rotatable bonds is 6. The molecule has 2 aromatic carbocycles. The number of aromatic carboxylic acids is 1. The number of methoxy groups -OCH3 is 1. The number of carbonyl (C=O) groups is 1. The number of fused-ring (bicyclic) bond motifs is 1. The van der Waals surface area contributed by atoms with Crippen molar-refractivity contribution in [2.75, 3.05) is 19.0 Å². The Kier molecular flexibility index (Phi) is 4.76. The predicted octanol–water partition coefficient (Wildman–Crippen LogP) is 4.29. The number of halogens is 1. The predicted molar refractivity (Wildman–Crippen MR) is 98.1 cm³/mol. The Morgan fingerprint density at radius 1 is 1.33 bits per heavy atom. The zero-order valence-corrected chi connectivity index (χ0v) is 14.7. The lowest BCUT2D eigenvalue weighted by Crippen LogP contribution is -2.10. The van der Waals surface area contributed by atoms with Gasteiger partial charge in [-0.3, -0.25) is 0 Å². The number of hydrogen-bond donors (Lipinski definition) is 3. The molecule has 1 heterocycles. The van der Waals surface area contributed by atoms with Crippen LogP contribution in [0.15, 0.2) is 47.1 Å². The van der Waals surface area contributed by atoms with Crippen molar-refractivity contribution in [1.82, 2.24) is 4.98 Å². The van der Waals surface area contributed by atoms with Crippen molar-refractivity contribution in [2.45, 2.75) is 6.42 Å². The van der Waals surface area contributed by atoms with Crippen molar-refractivity contribution >= 4 is 38.5 Å². The summed E-state index contributed by atoms with van der Waals surface area (Å²) in [5, 5.41) is 13.8. The van der Waals surface area contributed by atoms with Crippen LogP contribution in [-0.2, 0) is 6.42 Å². The van der Waals surface area contributed by atoms with Crippen LogP contribution in [0.4, 0.5) is 5.69 Å². The molecule has 3 N–H and O–H groups in total. The molecule has 0 aliphatic carbocycles. The van der Waals surface area contributed by atoms with Gasteiger partial charge in [0.25, 0.3) is 0 Å². The molecule has 3 aromatic rings. The molecule has 0 aliphatic heterocycles. The van der Waals surface area contributed by atoms with E-state index >= 15 is 0 Å². The molecule has 1 aromatic heterocycles. The number of para-hydroxylation sites is 1. The first-order valence-corrected chi connectivity index (χ1v) is 8.29. The molecule has 0 saturated heterocycles. The summed E-state index contributed by atoms with van der Waals surface area (Å²) in [5.41, 5.74) is 3.05. The maximum atomic E-state index is 11.4. The minimum absolute atomic E-state index is 0.210. The highest BCUT2D eigenvalue weighted by Crippen LogP contribution is 2.31. The number of H-pyrrole nitrogens is 1. The van der Waals surface area contributed by atoms with Crippen LogP contribution in [0, 0.1) is 0 Å². The third-order valence-corrected chi connectivity index (χ3v) is 4.53. The Labute approximate surface area is 147 Å². The lowest BCUT2D eigenvalue weighted by Gasteiger charge is -2.12. The van der Waals surface area contributed by atoms with Crippen LogP contribution in [0.2, 0.25) is 0 Å². The lowest BCUT2D eigenvalue weighted by molar-refractivity contribution is 0.0698. The van der Waals surface area contributed by atoms with Gasteiger partial charge < -0.3 is 20.1 Å². The maximum Gasteiger partial charge on any atom is 0.337 e. The summed E-state index contributed by atoms with van der Waals surface area (Å²) in [5.74, 6) is -0.387. The molecular formula is C18H17BrN2O3. The first kappa shape index (κ1) is 16.4. The average molecular weight is 389 g/mol. The number of aromatic nitrogens is 1. The Morgan fingerprint density at radius 2 is 2.12 bits per heavy atom. The highest BCUT2D eigenvalue weighted by atomic mass is 79.9. The highest BCUT2D eigenvalue weighted by molar-refractivity contribution is 9.10. The topological polar surface area (TPSA) is 74.3 Å². The molecule has 6 heteroatoms. The molecular weight excluding hydrogens is 372 g/mol. The lowest BCUT2D eigenvalue weighted by atomic mass is 10.1. The number of carboxylic acids is 1. The summed E-state index contributed by atoms with van der Waals surface area (Å²) in [7, 11) is 1.55. The minimum Gasteiger partial charge on any atom is -0.495 e. The van der Waals surface area contributed by atoms with E-state index in [-0.39, 0.29) is 5.56 Å². The third kappa shape index (κ3) is 3.23. The fourth-order valence-electron chi connectivity index (χ4n) is 2.70. The van der Waals surface area contributed by atoms with Gasteiger partial charge in [0, 0.05) is 29.7 Å². The van der Waals surface area contributed by atoms with Crippen molar-refractivity contribution in [3.05, 3.63) is 58.2 Å². The molecule has 0 fully saturated rings. The summed E-state index contributed by atoms with van der Waals surface area (Å²) in [6, 6.07) is 11.4. The van der Waals surface area contributed by atoms with Crippen LogP contribution >= 0.6 is 15.9 Å². The largest absolute Gasteiger partial charge is 0.495 e. The van der Waals surface area contributed by atoms with Crippen LogP contribution in [0.3, 0.4) is 0 Å². The number of carboxylic acid groups (broad SMARTS) is 1. The summed E-state index contributed by atoms with van der Waals surface area (Å²) < 4.78 is 5.86. The van der Waals surface area contributed by atoms with E-state index in [2.05, 4.69) is 32.3 Å². The second-order valence-corrected chi connectivity index (χ2v) is 6.23. The van der Waals surface area contributed by atoms with Gasteiger partial charge in [-0.25, -0.2) is 4.79 Å². The second-order valence-electron chi connectivity index (χ2n) is 5.37. The molecule has 0 unspecified atom stereocenters. The van der Waals surface area contributed by atoms with E-state index in [0.717, 1.165) is 11.9 Å². The van der Waals surface area contributed by atoms with E-state index in [0.29, 0.717) is 22.5 Å². The van der Waals surface area contributed by atoms with Crippen LogP contribution in [-0.4, -0.2) is 29.7 Å². The molecule has 3 rings (SSSR count). The smallest absolute Gasteiger partial charge is 0.337 e. The van der Waals surface area contributed by atoms with E-state index in [1.54, 1.807) is 19.2 Å². The Hall–Kier alpha value is -2.47. The van der Waals surface area contributed by atoms with Crippen molar-refractivity contribution < 1.29 is 14.6 Å².